The van der Waals surface area contributed by atoms with Gasteiger partial charge >= 0.3 is 0 Å². The Morgan fingerprint density at radius 2 is 1.85 bits per heavy atom. The van der Waals surface area contributed by atoms with Crippen molar-refractivity contribution in [1.82, 2.24) is 4.57 Å². The summed E-state index contributed by atoms with van der Waals surface area (Å²) in [4.78, 5) is 26.2. The molecule has 5 nitrogen and oxygen atoms in total. The van der Waals surface area contributed by atoms with Gasteiger partial charge in [-0.2, -0.15) is 0 Å². The first-order chi connectivity index (χ1) is 16.4. The number of anilines is 2. The van der Waals surface area contributed by atoms with E-state index < -0.39 is 17.8 Å². The number of fused-ring (bicyclic) bond motifs is 2. The summed E-state index contributed by atoms with van der Waals surface area (Å²) in [5, 5.41) is 6.30. The highest BCUT2D eigenvalue weighted by Gasteiger charge is 2.29. The van der Waals surface area contributed by atoms with Crippen molar-refractivity contribution in [2.45, 2.75) is 19.5 Å². The number of rotatable bonds is 4. The molecular weight excluding hydrogens is 453 g/mol. The molecule has 0 spiro atoms. The average molecular weight is 474 g/mol. The van der Waals surface area contributed by atoms with Crippen molar-refractivity contribution in [3.8, 4) is 0 Å². The number of nitrogens with zero attached hydrogens (tertiary/aromatic N) is 1. The maximum absolute atomic E-state index is 13.7. The van der Waals surface area contributed by atoms with E-state index in [1.807, 2.05) is 49.5 Å². The Balaban J connectivity index is 1.42. The highest BCUT2D eigenvalue weighted by atomic mass is 35.5. The van der Waals surface area contributed by atoms with Crippen molar-refractivity contribution < 1.29 is 14.0 Å². The van der Waals surface area contributed by atoms with E-state index in [1.165, 1.54) is 12.1 Å². The summed E-state index contributed by atoms with van der Waals surface area (Å²) in [6.45, 7) is 2.50. The normalized spacial score (nSPS) is 14.4. The molecule has 5 rings (SSSR count). The molecule has 170 valence electrons. The minimum atomic E-state index is -0.552. The third-order valence-electron chi connectivity index (χ3n) is 6.00. The fourth-order valence-corrected chi connectivity index (χ4v) is 4.49. The number of aromatic nitrogens is 1. The molecule has 2 heterocycles. The number of hydrogen-bond acceptors (Lipinski definition) is 3. The van der Waals surface area contributed by atoms with Crippen LogP contribution in [0.2, 0.25) is 5.02 Å². The van der Waals surface area contributed by atoms with E-state index in [0.29, 0.717) is 23.4 Å². The van der Waals surface area contributed by atoms with Crippen LogP contribution in [0.3, 0.4) is 0 Å². The summed E-state index contributed by atoms with van der Waals surface area (Å²) in [5.74, 6) is -1.14. The summed E-state index contributed by atoms with van der Waals surface area (Å²) in [6, 6.07) is 20.0. The summed E-state index contributed by atoms with van der Waals surface area (Å²) < 4.78 is 15.6. The average Bonchev–Trinajstić information content (AvgIpc) is 3.21. The number of para-hydroxylation sites is 1. The SMILES string of the molecule is Cc1cc(NC(=O)c2cc(F)ccc2Cl)ccc1C(=O)C1Nc2ccccc2Cn2cccc21. The second-order valence-electron chi connectivity index (χ2n) is 8.27. The summed E-state index contributed by atoms with van der Waals surface area (Å²) in [5.41, 5.74) is 4.72. The number of amides is 1. The van der Waals surface area contributed by atoms with Crippen LogP contribution < -0.4 is 10.6 Å². The molecule has 0 fully saturated rings. The standard InChI is InChI=1S/C27H21ClFN3O2/c1-16-13-19(30-27(34)21-14-18(29)8-11-22(21)28)9-10-20(16)26(33)25-24-7-4-12-32(24)15-17-5-2-3-6-23(17)31-25/h2-14,25,31H,15H2,1H3,(H,30,34). The number of benzene rings is 3. The van der Waals surface area contributed by atoms with Crippen LogP contribution in [0.25, 0.3) is 0 Å². The maximum Gasteiger partial charge on any atom is 0.257 e. The highest BCUT2D eigenvalue weighted by molar-refractivity contribution is 6.34. The second-order valence-corrected chi connectivity index (χ2v) is 8.67. The van der Waals surface area contributed by atoms with Crippen LogP contribution >= 0.6 is 11.6 Å². The van der Waals surface area contributed by atoms with Crippen molar-refractivity contribution in [2.75, 3.05) is 10.6 Å². The Morgan fingerprint density at radius 3 is 2.68 bits per heavy atom. The molecule has 1 aliphatic heterocycles. The Hall–Kier alpha value is -3.90. The van der Waals surface area contributed by atoms with Crippen LogP contribution in [0.1, 0.15) is 43.6 Å². The van der Waals surface area contributed by atoms with E-state index in [4.69, 9.17) is 11.6 Å². The lowest BCUT2D eigenvalue weighted by molar-refractivity contribution is 0.0966. The topological polar surface area (TPSA) is 63.1 Å². The number of ketones is 1. The van der Waals surface area contributed by atoms with Crippen LogP contribution in [-0.4, -0.2) is 16.3 Å². The largest absolute Gasteiger partial charge is 0.370 e. The predicted molar refractivity (Wildman–Crippen MR) is 131 cm³/mol. The molecular formula is C27H21ClFN3O2. The van der Waals surface area contributed by atoms with Gasteiger partial charge in [0.2, 0.25) is 0 Å². The number of hydrogen-bond donors (Lipinski definition) is 2. The van der Waals surface area contributed by atoms with Crippen molar-refractivity contribution in [2.24, 2.45) is 0 Å². The lowest BCUT2D eigenvalue weighted by atomic mass is 9.96. The zero-order chi connectivity index (χ0) is 23.8. The zero-order valence-corrected chi connectivity index (χ0v) is 19.1. The van der Waals surface area contributed by atoms with E-state index in [0.717, 1.165) is 23.0 Å². The van der Waals surface area contributed by atoms with Crippen molar-refractivity contribution in [3.05, 3.63) is 118 Å². The quantitative estimate of drug-likeness (QED) is 0.345. The molecule has 0 radical (unpaired) electrons. The molecule has 1 aliphatic rings. The number of Topliss-reactive ketones (excluding diaryl/α,β-unsaturated/α-hetero) is 1. The molecule has 0 aliphatic carbocycles. The molecule has 2 N–H and O–H groups in total. The highest BCUT2D eigenvalue weighted by Crippen LogP contribution is 2.32. The van der Waals surface area contributed by atoms with E-state index in [9.17, 15) is 14.0 Å². The lowest BCUT2D eigenvalue weighted by Gasteiger charge is -2.19. The van der Waals surface area contributed by atoms with Gasteiger partial charge < -0.3 is 15.2 Å². The van der Waals surface area contributed by atoms with Crippen LogP contribution in [0.4, 0.5) is 15.8 Å². The molecule has 1 aromatic heterocycles. The van der Waals surface area contributed by atoms with Crippen molar-refractivity contribution in [3.63, 3.8) is 0 Å². The number of aryl methyl sites for hydroxylation is 1. The van der Waals surface area contributed by atoms with Gasteiger partial charge in [-0.15, -0.1) is 0 Å². The molecule has 1 amide bonds. The smallest absolute Gasteiger partial charge is 0.257 e. The van der Waals surface area contributed by atoms with E-state index in [-0.39, 0.29) is 16.4 Å². The first-order valence-electron chi connectivity index (χ1n) is 10.8. The van der Waals surface area contributed by atoms with Crippen LogP contribution in [-0.2, 0) is 6.54 Å². The molecule has 1 unspecified atom stereocenters. The number of carbonyl (C=O) groups excluding carboxylic acids is 2. The van der Waals surface area contributed by atoms with E-state index in [1.54, 1.807) is 18.2 Å². The summed E-state index contributed by atoms with van der Waals surface area (Å²) in [6.07, 6.45) is 1.97. The van der Waals surface area contributed by atoms with Crippen LogP contribution in [0, 0.1) is 12.7 Å². The first kappa shape index (κ1) is 21.9. The monoisotopic (exact) mass is 473 g/mol. The Kier molecular flexibility index (Phi) is 5.67. The fraction of sp³-hybridized carbons (Fsp3) is 0.111. The molecule has 3 aromatic carbocycles. The third-order valence-corrected chi connectivity index (χ3v) is 6.33. The Morgan fingerprint density at radius 1 is 1.03 bits per heavy atom. The summed E-state index contributed by atoms with van der Waals surface area (Å²) in [7, 11) is 0. The van der Waals surface area contributed by atoms with Crippen molar-refractivity contribution in [1.29, 1.82) is 0 Å². The number of halogens is 2. The molecule has 0 saturated carbocycles. The Labute approximate surface area is 201 Å². The first-order valence-corrected chi connectivity index (χ1v) is 11.2. The molecule has 0 bridgehead atoms. The zero-order valence-electron chi connectivity index (χ0n) is 18.3. The van der Waals surface area contributed by atoms with Gasteiger partial charge in [0.1, 0.15) is 11.9 Å². The maximum atomic E-state index is 13.7. The molecule has 34 heavy (non-hydrogen) atoms. The number of carbonyl (C=O) groups is 2. The van der Waals surface area contributed by atoms with Gasteiger partial charge in [0.05, 0.1) is 10.6 Å². The van der Waals surface area contributed by atoms with Gasteiger partial charge in [-0.3, -0.25) is 9.59 Å². The van der Waals surface area contributed by atoms with Gasteiger partial charge in [0.15, 0.2) is 5.78 Å². The predicted octanol–water partition coefficient (Wildman–Crippen LogP) is 6.24. The summed E-state index contributed by atoms with van der Waals surface area (Å²) >= 11 is 6.04. The fourth-order valence-electron chi connectivity index (χ4n) is 4.29. The van der Waals surface area contributed by atoms with Gasteiger partial charge in [-0.05, 0) is 72.6 Å². The van der Waals surface area contributed by atoms with Gasteiger partial charge in [0.25, 0.3) is 5.91 Å². The van der Waals surface area contributed by atoms with Crippen molar-refractivity contribution >= 4 is 34.7 Å². The molecule has 1 atom stereocenters. The second kappa shape index (κ2) is 8.80. The third kappa shape index (κ3) is 4.08. The molecule has 7 heteroatoms. The molecule has 4 aromatic rings. The van der Waals surface area contributed by atoms with E-state index in [2.05, 4.69) is 15.2 Å². The molecule has 0 saturated heterocycles. The van der Waals surface area contributed by atoms with Gasteiger partial charge in [0, 0.05) is 35.4 Å². The van der Waals surface area contributed by atoms with Crippen LogP contribution in [0.15, 0.2) is 79.0 Å². The van der Waals surface area contributed by atoms with Gasteiger partial charge in [-0.25, -0.2) is 4.39 Å². The Bertz CT molecular complexity index is 1430. The van der Waals surface area contributed by atoms with Gasteiger partial charge in [-0.1, -0.05) is 29.8 Å². The minimum absolute atomic E-state index is 0.0431. The van der Waals surface area contributed by atoms with E-state index >= 15 is 0 Å². The minimum Gasteiger partial charge on any atom is -0.370 e. The lowest BCUT2D eigenvalue weighted by Crippen LogP contribution is -2.23. The van der Waals surface area contributed by atoms with Crippen LogP contribution in [0.5, 0.6) is 0 Å². The number of nitrogens with one attached hydrogen (secondary N) is 2.